The summed E-state index contributed by atoms with van der Waals surface area (Å²) in [6, 6.07) is 12.4. The van der Waals surface area contributed by atoms with Crippen LogP contribution in [0.1, 0.15) is 26.3 Å². The summed E-state index contributed by atoms with van der Waals surface area (Å²) >= 11 is 12.9. The summed E-state index contributed by atoms with van der Waals surface area (Å²) in [5.41, 5.74) is 2.23. The maximum atomic E-state index is 12.4. The number of aromatic amines is 1. The largest absolute Gasteiger partial charge is 0.325 e. The van der Waals surface area contributed by atoms with Gasteiger partial charge in [-0.1, -0.05) is 80.0 Å². The number of halogens is 2. The van der Waals surface area contributed by atoms with Crippen molar-refractivity contribution in [3.05, 3.63) is 68.4 Å². The smallest absolute Gasteiger partial charge is 0.278 e. The van der Waals surface area contributed by atoms with Crippen molar-refractivity contribution >= 4 is 46.6 Å². The topological polar surface area (TPSA) is 87.7 Å². The van der Waals surface area contributed by atoms with Crippen molar-refractivity contribution in [1.29, 1.82) is 0 Å². The Kier molecular flexibility index (Phi) is 6.85. The summed E-state index contributed by atoms with van der Waals surface area (Å²) in [7, 11) is 0. The Balaban J connectivity index is 1.65. The molecule has 0 aliphatic rings. The van der Waals surface area contributed by atoms with E-state index in [2.05, 4.69) is 41.3 Å². The third-order valence-electron chi connectivity index (χ3n) is 4.19. The van der Waals surface area contributed by atoms with E-state index in [9.17, 15) is 9.59 Å². The molecule has 0 aliphatic carbocycles. The zero-order valence-corrected chi connectivity index (χ0v) is 19.0. The standard InChI is InChI=1S/C21H20Cl2N4O2S/c1-21(2,3)13-6-4-12(5-7-13)18-19(29)25-20(27-26-18)30-11-17(28)24-16-9-14(22)8-15(23)10-16/h4-10H,11H2,1-3H3,(H,24,28)(H,25,27,29). The quantitative estimate of drug-likeness (QED) is 0.510. The van der Waals surface area contributed by atoms with E-state index in [0.717, 1.165) is 17.3 Å². The van der Waals surface area contributed by atoms with Crippen LogP contribution in [0.25, 0.3) is 11.3 Å². The lowest BCUT2D eigenvalue weighted by molar-refractivity contribution is -0.113. The van der Waals surface area contributed by atoms with Crippen LogP contribution < -0.4 is 10.9 Å². The van der Waals surface area contributed by atoms with Gasteiger partial charge in [0.1, 0.15) is 0 Å². The number of aromatic nitrogens is 3. The maximum Gasteiger partial charge on any atom is 0.278 e. The molecule has 1 aromatic heterocycles. The van der Waals surface area contributed by atoms with Gasteiger partial charge in [0.15, 0.2) is 10.9 Å². The predicted molar refractivity (Wildman–Crippen MR) is 123 cm³/mol. The van der Waals surface area contributed by atoms with E-state index in [0.29, 0.717) is 21.3 Å². The molecule has 0 spiro atoms. The second-order valence-corrected chi connectivity index (χ2v) is 9.47. The molecule has 0 bridgehead atoms. The van der Waals surface area contributed by atoms with Gasteiger partial charge in [-0.2, -0.15) is 0 Å². The average Bonchev–Trinajstić information content (AvgIpc) is 2.65. The van der Waals surface area contributed by atoms with Gasteiger partial charge in [0, 0.05) is 21.3 Å². The highest BCUT2D eigenvalue weighted by molar-refractivity contribution is 7.99. The van der Waals surface area contributed by atoms with Gasteiger partial charge in [0.05, 0.1) is 5.75 Å². The minimum atomic E-state index is -0.363. The number of rotatable bonds is 5. The number of benzene rings is 2. The molecule has 0 radical (unpaired) electrons. The second-order valence-electron chi connectivity index (χ2n) is 7.63. The van der Waals surface area contributed by atoms with Crippen LogP contribution in [0.5, 0.6) is 0 Å². The number of nitrogens with zero attached hydrogens (tertiary/aromatic N) is 2. The molecule has 0 unspecified atom stereocenters. The van der Waals surface area contributed by atoms with Crippen molar-refractivity contribution in [2.24, 2.45) is 0 Å². The van der Waals surface area contributed by atoms with Crippen LogP contribution in [0.3, 0.4) is 0 Å². The van der Waals surface area contributed by atoms with Crippen molar-refractivity contribution in [2.75, 3.05) is 11.1 Å². The number of hydrogen-bond acceptors (Lipinski definition) is 5. The summed E-state index contributed by atoms with van der Waals surface area (Å²) in [5, 5.41) is 11.9. The molecule has 156 valence electrons. The van der Waals surface area contributed by atoms with Crippen LogP contribution >= 0.6 is 35.0 Å². The molecule has 6 nitrogen and oxygen atoms in total. The van der Waals surface area contributed by atoms with Crippen LogP contribution in [-0.4, -0.2) is 26.8 Å². The molecule has 0 saturated carbocycles. The number of hydrogen-bond donors (Lipinski definition) is 2. The third-order valence-corrected chi connectivity index (χ3v) is 5.49. The van der Waals surface area contributed by atoms with Crippen LogP contribution in [0.4, 0.5) is 5.69 Å². The molecule has 1 amide bonds. The highest BCUT2D eigenvalue weighted by atomic mass is 35.5. The van der Waals surface area contributed by atoms with Crippen LogP contribution in [0.2, 0.25) is 10.0 Å². The van der Waals surface area contributed by atoms with E-state index in [1.165, 1.54) is 0 Å². The van der Waals surface area contributed by atoms with Crippen LogP contribution in [-0.2, 0) is 10.2 Å². The molecular weight excluding hydrogens is 443 g/mol. The molecule has 3 aromatic rings. The van der Waals surface area contributed by atoms with Gasteiger partial charge in [0.25, 0.3) is 5.56 Å². The Morgan fingerprint density at radius 2 is 1.70 bits per heavy atom. The summed E-state index contributed by atoms with van der Waals surface area (Å²) < 4.78 is 0. The zero-order chi connectivity index (χ0) is 21.9. The summed E-state index contributed by atoms with van der Waals surface area (Å²) in [6.07, 6.45) is 0. The first-order valence-electron chi connectivity index (χ1n) is 9.08. The Labute approximate surface area is 188 Å². The lowest BCUT2D eigenvalue weighted by Crippen LogP contribution is -2.17. The minimum absolute atomic E-state index is 0.0219. The molecule has 9 heteroatoms. The number of carbonyl (C=O) groups is 1. The lowest BCUT2D eigenvalue weighted by atomic mass is 9.86. The number of H-pyrrole nitrogens is 1. The Hall–Kier alpha value is -2.35. The second kappa shape index (κ2) is 9.20. The molecule has 0 fully saturated rings. The molecule has 2 N–H and O–H groups in total. The number of thioether (sulfide) groups is 1. The van der Waals surface area contributed by atoms with Crippen LogP contribution in [0, 0.1) is 0 Å². The molecule has 1 heterocycles. The van der Waals surface area contributed by atoms with Crippen molar-refractivity contribution in [2.45, 2.75) is 31.3 Å². The van der Waals surface area contributed by atoms with Gasteiger partial charge in [-0.15, -0.1) is 10.2 Å². The molecule has 0 saturated heterocycles. The number of carbonyl (C=O) groups excluding carboxylic acids is 1. The first-order chi connectivity index (χ1) is 14.1. The highest BCUT2D eigenvalue weighted by Crippen LogP contribution is 2.25. The van der Waals surface area contributed by atoms with E-state index in [-0.39, 0.29) is 33.5 Å². The average molecular weight is 463 g/mol. The summed E-state index contributed by atoms with van der Waals surface area (Å²) in [4.78, 5) is 27.2. The lowest BCUT2D eigenvalue weighted by Gasteiger charge is -2.18. The predicted octanol–water partition coefficient (Wildman–Crippen LogP) is 5.17. The number of amides is 1. The highest BCUT2D eigenvalue weighted by Gasteiger charge is 2.15. The van der Waals surface area contributed by atoms with Crippen molar-refractivity contribution in [1.82, 2.24) is 15.2 Å². The summed E-state index contributed by atoms with van der Waals surface area (Å²) in [5.74, 6) is -0.253. The van der Waals surface area contributed by atoms with Gasteiger partial charge in [0.2, 0.25) is 5.91 Å². The minimum Gasteiger partial charge on any atom is -0.325 e. The molecule has 2 aromatic carbocycles. The van der Waals surface area contributed by atoms with E-state index in [4.69, 9.17) is 23.2 Å². The van der Waals surface area contributed by atoms with E-state index >= 15 is 0 Å². The SMILES string of the molecule is CC(C)(C)c1ccc(-c2nnc(SCC(=O)Nc3cc(Cl)cc(Cl)c3)[nH]c2=O)cc1. The van der Waals surface area contributed by atoms with E-state index in [1.807, 2.05) is 24.3 Å². The van der Waals surface area contributed by atoms with Crippen LogP contribution in [0.15, 0.2) is 52.4 Å². The maximum absolute atomic E-state index is 12.4. The van der Waals surface area contributed by atoms with Gasteiger partial charge in [-0.05, 0) is 29.2 Å². The Morgan fingerprint density at radius 3 is 2.27 bits per heavy atom. The summed E-state index contributed by atoms with van der Waals surface area (Å²) in [6.45, 7) is 6.37. The monoisotopic (exact) mass is 462 g/mol. The van der Waals surface area contributed by atoms with Crippen molar-refractivity contribution < 1.29 is 4.79 Å². The van der Waals surface area contributed by atoms with Crippen molar-refractivity contribution in [3.63, 3.8) is 0 Å². The van der Waals surface area contributed by atoms with Gasteiger partial charge < -0.3 is 5.32 Å². The first-order valence-corrected chi connectivity index (χ1v) is 10.8. The Morgan fingerprint density at radius 1 is 1.07 bits per heavy atom. The molecule has 3 rings (SSSR count). The molecule has 0 aliphatic heterocycles. The Bertz CT molecular complexity index is 1100. The molecule has 0 atom stereocenters. The molecular formula is C21H20Cl2N4O2S. The number of nitrogens with one attached hydrogen (secondary N) is 2. The van der Waals surface area contributed by atoms with E-state index in [1.54, 1.807) is 18.2 Å². The fourth-order valence-electron chi connectivity index (χ4n) is 2.66. The normalized spacial score (nSPS) is 11.4. The van der Waals surface area contributed by atoms with Gasteiger partial charge >= 0.3 is 0 Å². The van der Waals surface area contributed by atoms with Gasteiger partial charge in [-0.25, -0.2) is 0 Å². The van der Waals surface area contributed by atoms with Crippen molar-refractivity contribution in [3.8, 4) is 11.3 Å². The fraction of sp³-hybridized carbons (Fsp3) is 0.238. The van der Waals surface area contributed by atoms with Gasteiger partial charge in [-0.3, -0.25) is 14.6 Å². The fourth-order valence-corrected chi connectivity index (χ4v) is 3.79. The number of anilines is 1. The third kappa shape index (κ3) is 5.84. The van der Waals surface area contributed by atoms with E-state index < -0.39 is 0 Å². The first kappa shape index (κ1) is 22.3. The molecule has 30 heavy (non-hydrogen) atoms. The zero-order valence-electron chi connectivity index (χ0n) is 16.6.